The van der Waals surface area contributed by atoms with Crippen LogP contribution in [-0.2, 0) is 6.42 Å². The Morgan fingerprint density at radius 3 is 2.50 bits per heavy atom. The largest absolute Gasteiger partial charge is 0.317 e. The molecule has 1 heterocycles. The van der Waals surface area contributed by atoms with Crippen LogP contribution < -0.4 is 5.32 Å². The van der Waals surface area contributed by atoms with E-state index in [4.69, 9.17) is 0 Å². The molecule has 18 heavy (non-hydrogen) atoms. The first-order chi connectivity index (χ1) is 8.45. The van der Waals surface area contributed by atoms with Crippen LogP contribution in [0.5, 0.6) is 0 Å². The van der Waals surface area contributed by atoms with E-state index in [-0.39, 0.29) is 5.41 Å². The summed E-state index contributed by atoms with van der Waals surface area (Å²) >= 11 is 0. The van der Waals surface area contributed by atoms with Crippen LogP contribution in [0.4, 0.5) is 0 Å². The van der Waals surface area contributed by atoms with Crippen LogP contribution >= 0.6 is 0 Å². The Hall–Kier alpha value is -0.930. The van der Waals surface area contributed by atoms with Crippen molar-refractivity contribution < 1.29 is 0 Å². The molecule has 0 spiro atoms. The van der Waals surface area contributed by atoms with Gasteiger partial charge in [-0.3, -0.25) is 4.98 Å². The average molecular weight is 249 g/mol. The Morgan fingerprint density at radius 2 is 1.94 bits per heavy atom. The fourth-order valence-corrected chi connectivity index (χ4v) is 2.17. The molecule has 0 aromatic carbocycles. The number of nitrogens with one attached hydrogen (secondary N) is 1. The number of hydrogen-bond acceptors (Lipinski definition) is 3. The van der Waals surface area contributed by atoms with Gasteiger partial charge in [0, 0.05) is 31.5 Å². The van der Waals surface area contributed by atoms with Gasteiger partial charge in [-0.1, -0.05) is 13.8 Å². The fourth-order valence-electron chi connectivity index (χ4n) is 2.17. The first-order valence-electron chi connectivity index (χ1n) is 6.70. The van der Waals surface area contributed by atoms with Crippen molar-refractivity contribution in [3.05, 3.63) is 30.1 Å². The fraction of sp³-hybridized carbons (Fsp3) is 0.667. The van der Waals surface area contributed by atoms with Crippen molar-refractivity contribution in [2.24, 2.45) is 5.41 Å². The molecule has 0 aliphatic rings. The van der Waals surface area contributed by atoms with Gasteiger partial charge in [0.15, 0.2) is 0 Å². The predicted molar refractivity (Wildman–Crippen MR) is 77.7 cm³/mol. The lowest BCUT2D eigenvalue weighted by Gasteiger charge is -2.35. The highest BCUT2D eigenvalue weighted by molar-refractivity contribution is 5.09. The van der Waals surface area contributed by atoms with Gasteiger partial charge in [-0.15, -0.1) is 0 Å². The van der Waals surface area contributed by atoms with Crippen LogP contribution in [0.3, 0.4) is 0 Å². The standard InChI is InChI=1S/C15H27N3/c1-13(16-4)15(2,3)12-18(5)11-8-14-6-9-17-10-7-14/h6-7,9-10,13,16H,8,11-12H2,1-5H3. The lowest BCUT2D eigenvalue weighted by molar-refractivity contribution is 0.170. The lowest BCUT2D eigenvalue weighted by atomic mass is 9.85. The van der Waals surface area contributed by atoms with Gasteiger partial charge in [0.2, 0.25) is 0 Å². The summed E-state index contributed by atoms with van der Waals surface area (Å²) in [6.07, 6.45) is 4.81. The Kier molecular flexibility index (Phi) is 5.76. The molecule has 102 valence electrons. The Labute approximate surface area is 112 Å². The van der Waals surface area contributed by atoms with Crippen LogP contribution in [0.2, 0.25) is 0 Å². The highest BCUT2D eigenvalue weighted by atomic mass is 15.1. The number of hydrogen-bond donors (Lipinski definition) is 1. The Bertz CT molecular complexity index is 335. The maximum Gasteiger partial charge on any atom is 0.0270 e. The second-order valence-electron chi connectivity index (χ2n) is 5.84. The smallest absolute Gasteiger partial charge is 0.0270 e. The van der Waals surface area contributed by atoms with E-state index in [0.717, 1.165) is 19.5 Å². The van der Waals surface area contributed by atoms with Crippen LogP contribution in [0.25, 0.3) is 0 Å². The first kappa shape index (κ1) is 15.1. The molecular formula is C15H27N3. The van der Waals surface area contributed by atoms with Gasteiger partial charge in [0.25, 0.3) is 0 Å². The monoisotopic (exact) mass is 249 g/mol. The molecule has 0 radical (unpaired) electrons. The Morgan fingerprint density at radius 1 is 1.33 bits per heavy atom. The van der Waals surface area contributed by atoms with E-state index in [1.807, 2.05) is 19.4 Å². The van der Waals surface area contributed by atoms with Crippen LogP contribution in [0.15, 0.2) is 24.5 Å². The maximum atomic E-state index is 4.04. The molecule has 1 rings (SSSR count). The molecule has 1 atom stereocenters. The molecule has 1 aromatic heterocycles. The van der Waals surface area contributed by atoms with Crippen LogP contribution in [0.1, 0.15) is 26.3 Å². The molecule has 0 saturated carbocycles. The predicted octanol–water partition coefficient (Wildman–Crippen LogP) is 2.19. The minimum Gasteiger partial charge on any atom is -0.317 e. The second-order valence-corrected chi connectivity index (χ2v) is 5.84. The summed E-state index contributed by atoms with van der Waals surface area (Å²) in [5.74, 6) is 0. The highest BCUT2D eigenvalue weighted by Gasteiger charge is 2.25. The van der Waals surface area contributed by atoms with Crippen molar-refractivity contribution in [3.63, 3.8) is 0 Å². The zero-order chi connectivity index (χ0) is 13.6. The average Bonchev–Trinajstić information content (AvgIpc) is 2.36. The minimum atomic E-state index is 0.280. The lowest BCUT2D eigenvalue weighted by Crippen LogP contribution is -2.45. The summed E-state index contributed by atoms with van der Waals surface area (Å²) in [5, 5.41) is 3.35. The van der Waals surface area contributed by atoms with Gasteiger partial charge >= 0.3 is 0 Å². The van der Waals surface area contributed by atoms with E-state index in [1.165, 1.54) is 5.56 Å². The van der Waals surface area contributed by atoms with Gasteiger partial charge in [0.05, 0.1) is 0 Å². The third-order valence-corrected chi connectivity index (χ3v) is 3.81. The third kappa shape index (κ3) is 4.75. The molecule has 0 fully saturated rings. The maximum absolute atomic E-state index is 4.04. The van der Waals surface area contributed by atoms with E-state index in [0.29, 0.717) is 6.04 Å². The Balaban J connectivity index is 2.40. The van der Waals surface area contributed by atoms with E-state index >= 15 is 0 Å². The van der Waals surface area contributed by atoms with Crippen molar-refractivity contribution in [1.29, 1.82) is 0 Å². The third-order valence-electron chi connectivity index (χ3n) is 3.81. The van der Waals surface area contributed by atoms with Crippen molar-refractivity contribution >= 4 is 0 Å². The molecular weight excluding hydrogens is 222 g/mol. The summed E-state index contributed by atoms with van der Waals surface area (Å²) in [6, 6.07) is 4.70. The van der Waals surface area contributed by atoms with Crippen LogP contribution in [-0.4, -0.2) is 43.1 Å². The number of rotatable bonds is 7. The first-order valence-corrected chi connectivity index (χ1v) is 6.70. The molecule has 0 saturated heterocycles. The summed E-state index contributed by atoms with van der Waals surface area (Å²) in [6.45, 7) is 9.06. The van der Waals surface area contributed by atoms with Gasteiger partial charge < -0.3 is 10.2 Å². The zero-order valence-corrected chi connectivity index (χ0v) is 12.4. The molecule has 0 amide bonds. The topological polar surface area (TPSA) is 28.2 Å². The van der Waals surface area contributed by atoms with Crippen molar-refractivity contribution in [3.8, 4) is 0 Å². The van der Waals surface area contributed by atoms with Crippen molar-refractivity contribution in [1.82, 2.24) is 15.2 Å². The van der Waals surface area contributed by atoms with Crippen molar-refractivity contribution in [2.75, 3.05) is 27.2 Å². The van der Waals surface area contributed by atoms with E-state index in [9.17, 15) is 0 Å². The quantitative estimate of drug-likeness (QED) is 0.803. The molecule has 1 N–H and O–H groups in total. The number of nitrogens with zero attached hydrogens (tertiary/aromatic N) is 2. The molecule has 0 aliphatic heterocycles. The van der Waals surface area contributed by atoms with Crippen LogP contribution in [0, 0.1) is 5.41 Å². The van der Waals surface area contributed by atoms with Gasteiger partial charge in [-0.25, -0.2) is 0 Å². The number of likely N-dealkylation sites (N-methyl/N-ethyl adjacent to an activating group) is 1. The van der Waals surface area contributed by atoms with E-state index in [1.54, 1.807) is 0 Å². The van der Waals surface area contributed by atoms with Crippen molar-refractivity contribution in [2.45, 2.75) is 33.2 Å². The molecule has 1 aromatic rings. The van der Waals surface area contributed by atoms with Gasteiger partial charge in [0.1, 0.15) is 0 Å². The number of aromatic nitrogens is 1. The zero-order valence-electron chi connectivity index (χ0n) is 12.4. The van der Waals surface area contributed by atoms with E-state index < -0.39 is 0 Å². The second kappa shape index (κ2) is 6.86. The summed E-state index contributed by atoms with van der Waals surface area (Å²) in [4.78, 5) is 6.46. The molecule has 0 aliphatic carbocycles. The normalized spacial score (nSPS) is 13.9. The van der Waals surface area contributed by atoms with Gasteiger partial charge in [-0.05, 0) is 50.6 Å². The number of pyridine rings is 1. The highest BCUT2D eigenvalue weighted by Crippen LogP contribution is 2.21. The summed E-state index contributed by atoms with van der Waals surface area (Å²) in [5.41, 5.74) is 1.64. The molecule has 3 heteroatoms. The summed E-state index contributed by atoms with van der Waals surface area (Å²) in [7, 11) is 4.23. The summed E-state index contributed by atoms with van der Waals surface area (Å²) < 4.78 is 0. The van der Waals surface area contributed by atoms with E-state index in [2.05, 4.69) is 55.2 Å². The minimum absolute atomic E-state index is 0.280. The molecule has 0 bridgehead atoms. The SMILES string of the molecule is CNC(C)C(C)(C)CN(C)CCc1ccncc1. The molecule has 1 unspecified atom stereocenters. The van der Waals surface area contributed by atoms with Gasteiger partial charge in [-0.2, -0.15) is 0 Å². The molecule has 3 nitrogen and oxygen atoms in total.